The Balaban J connectivity index is 3.09. The standard InChI is InChI=1S/C11H28N2O2Si/c1-13(2)10-7-9-12-8-5-6-11-16(14-3)15-4/h12,16H,5-11H2,1-4H3. The average molecular weight is 248 g/mol. The molecule has 16 heavy (non-hydrogen) atoms. The molecule has 0 saturated carbocycles. The Morgan fingerprint density at radius 2 is 1.62 bits per heavy atom. The Hall–Kier alpha value is 0.0569. The Bertz CT molecular complexity index is 144. The third kappa shape index (κ3) is 10.6. The maximum atomic E-state index is 5.26. The van der Waals surface area contributed by atoms with Crippen molar-refractivity contribution in [2.75, 3.05) is 47.9 Å². The lowest BCUT2D eigenvalue weighted by molar-refractivity contribution is 0.276. The van der Waals surface area contributed by atoms with Crippen LogP contribution >= 0.6 is 0 Å². The van der Waals surface area contributed by atoms with Gasteiger partial charge in [0.25, 0.3) is 0 Å². The van der Waals surface area contributed by atoms with Crippen LogP contribution in [0.3, 0.4) is 0 Å². The summed E-state index contributed by atoms with van der Waals surface area (Å²) in [6.07, 6.45) is 3.65. The van der Waals surface area contributed by atoms with Crippen LogP contribution in [-0.2, 0) is 8.85 Å². The van der Waals surface area contributed by atoms with E-state index < -0.39 is 9.28 Å². The first kappa shape index (κ1) is 16.1. The zero-order valence-corrected chi connectivity index (χ0v) is 12.4. The van der Waals surface area contributed by atoms with Crippen molar-refractivity contribution in [1.29, 1.82) is 0 Å². The molecular formula is C11H28N2O2Si. The SMILES string of the molecule is CO[SiH](CCCCNCCCN(C)C)OC. The maximum absolute atomic E-state index is 5.26. The summed E-state index contributed by atoms with van der Waals surface area (Å²) in [4.78, 5) is 2.22. The summed E-state index contributed by atoms with van der Waals surface area (Å²) in [5, 5.41) is 3.46. The molecule has 0 unspecified atom stereocenters. The number of nitrogens with one attached hydrogen (secondary N) is 1. The largest absolute Gasteiger partial charge is 0.400 e. The Morgan fingerprint density at radius 1 is 1.00 bits per heavy atom. The predicted octanol–water partition coefficient (Wildman–Crippen LogP) is 0.821. The number of rotatable bonds is 11. The zero-order chi connectivity index (χ0) is 12.2. The molecule has 5 heteroatoms. The van der Waals surface area contributed by atoms with E-state index in [1.54, 1.807) is 14.2 Å². The summed E-state index contributed by atoms with van der Waals surface area (Å²) in [5.74, 6) is 0. The van der Waals surface area contributed by atoms with Crippen LogP contribution in [0.1, 0.15) is 19.3 Å². The molecule has 0 aromatic heterocycles. The van der Waals surface area contributed by atoms with E-state index in [9.17, 15) is 0 Å². The van der Waals surface area contributed by atoms with Gasteiger partial charge in [-0.2, -0.15) is 0 Å². The van der Waals surface area contributed by atoms with Crippen molar-refractivity contribution in [3.05, 3.63) is 0 Å². The van der Waals surface area contributed by atoms with E-state index in [1.807, 2.05) is 0 Å². The second kappa shape index (κ2) is 11.5. The van der Waals surface area contributed by atoms with Gasteiger partial charge >= 0.3 is 9.28 Å². The number of nitrogens with zero attached hydrogens (tertiary/aromatic N) is 1. The molecule has 98 valence electrons. The van der Waals surface area contributed by atoms with Crippen LogP contribution in [0.15, 0.2) is 0 Å². The molecule has 0 rings (SSSR count). The minimum Gasteiger partial charge on any atom is -0.400 e. The molecule has 1 N–H and O–H groups in total. The van der Waals surface area contributed by atoms with Crippen molar-refractivity contribution >= 4 is 9.28 Å². The van der Waals surface area contributed by atoms with E-state index in [0.717, 1.165) is 25.7 Å². The summed E-state index contributed by atoms with van der Waals surface area (Å²) in [6, 6.07) is 1.12. The quantitative estimate of drug-likeness (QED) is 0.434. The monoisotopic (exact) mass is 248 g/mol. The molecule has 0 aliphatic heterocycles. The number of hydrogen-bond donors (Lipinski definition) is 1. The van der Waals surface area contributed by atoms with Crippen molar-refractivity contribution in [2.45, 2.75) is 25.3 Å². The van der Waals surface area contributed by atoms with Gasteiger partial charge in [-0.3, -0.25) is 0 Å². The van der Waals surface area contributed by atoms with Gasteiger partial charge in [0.15, 0.2) is 0 Å². The van der Waals surface area contributed by atoms with Crippen molar-refractivity contribution in [2.24, 2.45) is 0 Å². The van der Waals surface area contributed by atoms with Gasteiger partial charge in [0.05, 0.1) is 0 Å². The summed E-state index contributed by atoms with van der Waals surface area (Å²) >= 11 is 0. The minimum absolute atomic E-state index is 1.11. The number of hydrogen-bond acceptors (Lipinski definition) is 4. The highest BCUT2D eigenvalue weighted by Gasteiger charge is 2.07. The topological polar surface area (TPSA) is 33.7 Å². The van der Waals surface area contributed by atoms with Crippen LogP contribution < -0.4 is 5.32 Å². The molecule has 0 saturated heterocycles. The highest BCUT2D eigenvalue weighted by Crippen LogP contribution is 2.01. The highest BCUT2D eigenvalue weighted by atomic mass is 28.3. The Kier molecular flexibility index (Phi) is 11.6. The van der Waals surface area contributed by atoms with Gasteiger partial charge in [0.1, 0.15) is 0 Å². The molecule has 0 atom stereocenters. The molecule has 0 spiro atoms. The fourth-order valence-corrected chi connectivity index (χ4v) is 2.82. The first-order valence-electron chi connectivity index (χ1n) is 6.11. The van der Waals surface area contributed by atoms with E-state index in [1.165, 1.54) is 19.3 Å². The Labute approximate surface area is 102 Å². The average Bonchev–Trinajstić information content (AvgIpc) is 2.27. The van der Waals surface area contributed by atoms with Crippen molar-refractivity contribution in [1.82, 2.24) is 10.2 Å². The fraction of sp³-hybridized carbons (Fsp3) is 1.00. The maximum Gasteiger partial charge on any atom is 0.320 e. The lowest BCUT2D eigenvalue weighted by Gasteiger charge is -2.11. The molecule has 4 nitrogen and oxygen atoms in total. The normalized spacial score (nSPS) is 11.6. The summed E-state index contributed by atoms with van der Waals surface area (Å²) in [7, 11) is 6.42. The molecule has 0 aromatic rings. The number of unbranched alkanes of at least 4 members (excludes halogenated alkanes) is 1. The predicted molar refractivity (Wildman–Crippen MR) is 71.2 cm³/mol. The smallest absolute Gasteiger partial charge is 0.320 e. The second-order valence-electron chi connectivity index (χ2n) is 4.30. The highest BCUT2D eigenvalue weighted by molar-refractivity contribution is 6.44. The molecule has 0 heterocycles. The summed E-state index contributed by atoms with van der Waals surface area (Å²) < 4.78 is 10.5. The molecule has 0 aliphatic carbocycles. The molecule has 0 aliphatic rings. The lowest BCUT2D eigenvalue weighted by Crippen LogP contribution is -2.23. The molecule has 0 amide bonds. The van der Waals surface area contributed by atoms with Crippen LogP contribution in [0.25, 0.3) is 0 Å². The van der Waals surface area contributed by atoms with Crippen LogP contribution in [0, 0.1) is 0 Å². The first-order valence-corrected chi connectivity index (χ1v) is 7.87. The molecule has 0 bridgehead atoms. The summed E-state index contributed by atoms with van der Waals surface area (Å²) in [6.45, 7) is 3.39. The van der Waals surface area contributed by atoms with Crippen LogP contribution in [-0.4, -0.2) is 62.1 Å². The van der Waals surface area contributed by atoms with Gasteiger partial charge < -0.3 is 19.1 Å². The van der Waals surface area contributed by atoms with E-state index in [2.05, 4.69) is 24.3 Å². The van der Waals surface area contributed by atoms with Crippen LogP contribution in [0.4, 0.5) is 0 Å². The van der Waals surface area contributed by atoms with Crippen LogP contribution in [0.2, 0.25) is 6.04 Å². The zero-order valence-electron chi connectivity index (χ0n) is 11.3. The molecular weight excluding hydrogens is 220 g/mol. The van der Waals surface area contributed by atoms with Gasteiger partial charge in [-0.15, -0.1) is 0 Å². The first-order chi connectivity index (χ1) is 7.70. The minimum atomic E-state index is -1.30. The van der Waals surface area contributed by atoms with Crippen LogP contribution in [0.5, 0.6) is 0 Å². The van der Waals surface area contributed by atoms with E-state index in [-0.39, 0.29) is 0 Å². The van der Waals surface area contributed by atoms with E-state index in [4.69, 9.17) is 8.85 Å². The third-order valence-corrected chi connectivity index (χ3v) is 4.46. The second-order valence-corrected chi connectivity index (χ2v) is 6.68. The third-order valence-electron chi connectivity index (χ3n) is 2.53. The van der Waals surface area contributed by atoms with E-state index >= 15 is 0 Å². The van der Waals surface area contributed by atoms with Gasteiger partial charge in [-0.1, -0.05) is 6.42 Å². The van der Waals surface area contributed by atoms with E-state index in [0.29, 0.717) is 0 Å². The van der Waals surface area contributed by atoms with Crippen molar-refractivity contribution < 1.29 is 8.85 Å². The molecule has 0 fully saturated rings. The van der Waals surface area contributed by atoms with Crippen molar-refractivity contribution in [3.63, 3.8) is 0 Å². The molecule has 0 radical (unpaired) electrons. The molecule has 0 aromatic carbocycles. The summed E-state index contributed by atoms with van der Waals surface area (Å²) in [5.41, 5.74) is 0. The lowest BCUT2D eigenvalue weighted by atomic mass is 10.3. The van der Waals surface area contributed by atoms with Gasteiger partial charge in [-0.25, -0.2) is 0 Å². The van der Waals surface area contributed by atoms with Gasteiger partial charge in [0.2, 0.25) is 0 Å². The fourth-order valence-electron chi connectivity index (χ4n) is 1.54. The van der Waals surface area contributed by atoms with Crippen molar-refractivity contribution in [3.8, 4) is 0 Å². The van der Waals surface area contributed by atoms with Gasteiger partial charge in [0, 0.05) is 14.2 Å². The Morgan fingerprint density at radius 3 is 2.19 bits per heavy atom. The van der Waals surface area contributed by atoms with Gasteiger partial charge in [-0.05, 0) is 52.6 Å².